The van der Waals surface area contributed by atoms with Crippen LogP contribution in [-0.2, 0) is 14.3 Å². The third-order valence-corrected chi connectivity index (χ3v) is 10.4. The zero-order valence-corrected chi connectivity index (χ0v) is 19.1. The Morgan fingerprint density at radius 2 is 1.93 bits per heavy atom. The van der Waals surface area contributed by atoms with Crippen molar-refractivity contribution < 1.29 is 24.5 Å². The summed E-state index contributed by atoms with van der Waals surface area (Å²) < 4.78 is 4.82. The van der Waals surface area contributed by atoms with Gasteiger partial charge in [-0.3, -0.25) is 9.59 Å². The van der Waals surface area contributed by atoms with Crippen molar-refractivity contribution in [2.75, 3.05) is 7.11 Å². The van der Waals surface area contributed by atoms with Gasteiger partial charge in [-0.1, -0.05) is 20.8 Å². The molecule has 4 aliphatic rings. The van der Waals surface area contributed by atoms with Crippen LogP contribution in [0.2, 0.25) is 0 Å². The summed E-state index contributed by atoms with van der Waals surface area (Å²) in [4.78, 5) is 23.8. The molecule has 4 rings (SSSR count). The molecule has 1 unspecified atom stereocenters. The van der Waals surface area contributed by atoms with Crippen LogP contribution in [0.1, 0.15) is 78.6 Å². The third-order valence-electron chi connectivity index (χ3n) is 10.4. The monoisotopic (exact) mass is 420 g/mol. The van der Waals surface area contributed by atoms with E-state index in [0.29, 0.717) is 42.8 Å². The van der Waals surface area contributed by atoms with Crippen LogP contribution < -0.4 is 0 Å². The highest BCUT2D eigenvalue weighted by Gasteiger charge is 2.65. The first kappa shape index (κ1) is 22.3. The highest BCUT2D eigenvalue weighted by molar-refractivity contribution is 5.79. The van der Waals surface area contributed by atoms with Gasteiger partial charge in [-0.25, -0.2) is 0 Å². The summed E-state index contributed by atoms with van der Waals surface area (Å²) in [5.74, 6) is 1.92. The van der Waals surface area contributed by atoms with Crippen molar-refractivity contribution in [2.45, 2.75) is 90.8 Å². The van der Waals surface area contributed by atoms with Crippen molar-refractivity contribution in [1.29, 1.82) is 0 Å². The van der Waals surface area contributed by atoms with E-state index in [9.17, 15) is 19.8 Å². The minimum atomic E-state index is -0.391. The fraction of sp³-hybridized carbons (Fsp3) is 0.920. The molecule has 4 saturated carbocycles. The summed E-state index contributed by atoms with van der Waals surface area (Å²) >= 11 is 0. The molecular weight excluding hydrogens is 380 g/mol. The van der Waals surface area contributed by atoms with Gasteiger partial charge in [0.2, 0.25) is 0 Å². The predicted molar refractivity (Wildman–Crippen MR) is 113 cm³/mol. The highest BCUT2D eigenvalue weighted by atomic mass is 16.5. The van der Waals surface area contributed by atoms with E-state index < -0.39 is 6.10 Å². The van der Waals surface area contributed by atoms with Crippen LogP contribution in [-0.4, -0.2) is 41.3 Å². The largest absolute Gasteiger partial charge is 0.469 e. The van der Waals surface area contributed by atoms with E-state index in [1.807, 2.05) is 0 Å². The Labute approximate surface area is 180 Å². The van der Waals surface area contributed by atoms with Crippen LogP contribution in [0, 0.1) is 46.3 Å². The van der Waals surface area contributed by atoms with Crippen LogP contribution in [0.5, 0.6) is 0 Å². The first-order chi connectivity index (χ1) is 14.1. The molecule has 0 heterocycles. The zero-order valence-electron chi connectivity index (χ0n) is 19.1. The van der Waals surface area contributed by atoms with E-state index in [4.69, 9.17) is 4.74 Å². The number of hydrogen-bond acceptors (Lipinski definition) is 5. The molecule has 5 heteroatoms. The number of aliphatic hydroxyl groups excluding tert-OH is 2. The lowest BCUT2D eigenvalue weighted by Gasteiger charge is -2.63. The average molecular weight is 421 g/mol. The predicted octanol–water partition coefficient (Wildman–Crippen LogP) is 3.75. The smallest absolute Gasteiger partial charge is 0.305 e. The number of aliphatic hydroxyl groups is 2. The van der Waals surface area contributed by atoms with Gasteiger partial charge in [0.25, 0.3) is 0 Å². The molecule has 4 fully saturated rings. The molecule has 5 nitrogen and oxygen atoms in total. The van der Waals surface area contributed by atoms with Gasteiger partial charge >= 0.3 is 5.97 Å². The van der Waals surface area contributed by atoms with Gasteiger partial charge in [0, 0.05) is 19.3 Å². The molecule has 4 aliphatic carbocycles. The van der Waals surface area contributed by atoms with Gasteiger partial charge in [-0.15, -0.1) is 0 Å². The lowest BCUT2D eigenvalue weighted by atomic mass is 9.43. The van der Waals surface area contributed by atoms with E-state index in [0.717, 1.165) is 38.5 Å². The van der Waals surface area contributed by atoms with Gasteiger partial charge in [0.15, 0.2) is 0 Å². The Bertz CT molecular complexity index is 691. The number of esters is 1. The molecule has 0 aromatic carbocycles. The first-order valence-corrected chi connectivity index (χ1v) is 12.1. The number of methoxy groups -OCH3 is 1. The van der Waals surface area contributed by atoms with Crippen molar-refractivity contribution in [3.63, 3.8) is 0 Å². The number of ketones is 1. The normalized spacial score (nSPS) is 49.0. The van der Waals surface area contributed by atoms with Crippen molar-refractivity contribution in [1.82, 2.24) is 0 Å². The SMILES string of the molecule is COC(=O)CC[C@H](C)[C@H]1CCC2[C@@H]3[C@H](O)C[C@H]4CC(=O)CC[C@]4(C)[C@H]3C[C@H](O)[C@@]21C. The Morgan fingerprint density at radius 3 is 2.63 bits per heavy atom. The summed E-state index contributed by atoms with van der Waals surface area (Å²) in [7, 11) is 1.43. The second-order valence-electron chi connectivity index (χ2n) is 11.4. The number of hydrogen-bond donors (Lipinski definition) is 2. The summed E-state index contributed by atoms with van der Waals surface area (Å²) in [6.45, 7) is 6.78. The molecule has 0 amide bonds. The summed E-state index contributed by atoms with van der Waals surface area (Å²) in [6.07, 6.45) is 6.15. The maximum atomic E-state index is 12.1. The number of fused-ring (bicyclic) bond motifs is 5. The fourth-order valence-electron chi connectivity index (χ4n) is 8.59. The van der Waals surface area contributed by atoms with Crippen LogP contribution in [0.25, 0.3) is 0 Å². The van der Waals surface area contributed by atoms with Crippen LogP contribution >= 0.6 is 0 Å². The molecule has 30 heavy (non-hydrogen) atoms. The number of ether oxygens (including phenoxy) is 1. The number of carbonyl (C=O) groups excluding carboxylic acids is 2. The van der Waals surface area contributed by atoms with Crippen LogP contribution in [0.15, 0.2) is 0 Å². The summed E-state index contributed by atoms with van der Waals surface area (Å²) in [5.41, 5.74) is -0.167. The topological polar surface area (TPSA) is 83.8 Å². The van der Waals surface area contributed by atoms with Crippen molar-refractivity contribution in [3.05, 3.63) is 0 Å². The van der Waals surface area contributed by atoms with E-state index >= 15 is 0 Å². The number of Topliss-reactive ketones (excluding diaryl/α,β-unsaturated/α-hetero) is 1. The van der Waals surface area contributed by atoms with Crippen molar-refractivity contribution in [3.8, 4) is 0 Å². The Hall–Kier alpha value is -0.940. The first-order valence-electron chi connectivity index (χ1n) is 12.1. The minimum Gasteiger partial charge on any atom is -0.469 e. The van der Waals surface area contributed by atoms with E-state index in [1.54, 1.807) is 0 Å². The van der Waals surface area contributed by atoms with Gasteiger partial charge < -0.3 is 14.9 Å². The molecule has 0 spiro atoms. The fourth-order valence-corrected chi connectivity index (χ4v) is 8.59. The van der Waals surface area contributed by atoms with Gasteiger partial charge in [-0.05, 0) is 84.9 Å². The average Bonchev–Trinajstić information content (AvgIpc) is 3.06. The molecule has 0 saturated heterocycles. The zero-order chi connectivity index (χ0) is 21.8. The van der Waals surface area contributed by atoms with Crippen molar-refractivity contribution >= 4 is 11.8 Å². The Balaban J connectivity index is 1.58. The highest BCUT2D eigenvalue weighted by Crippen LogP contribution is 2.68. The molecule has 170 valence electrons. The lowest BCUT2D eigenvalue weighted by molar-refractivity contribution is -0.201. The van der Waals surface area contributed by atoms with Gasteiger partial charge in [-0.2, -0.15) is 0 Å². The van der Waals surface area contributed by atoms with Crippen LogP contribution in [0.3, 0.4) is 0 Å². The molecule has 0 aromatic heterocycles. The minimum absolute atomic E-state index is 0.0503. The Kier molecular flexibility index (Phi) is 5.85. The molecule has 2 N–H and O–H groups in total. The van der Waals surface area contributed by atoms with E-state index in [-0.39, 0.29) is 40.7 Å². The summed E-state index contributed by atoms with van der Waals surface area (Å²) in [6, 6.07) is 0. The Morgan fingerprint density at radius 1 is 1.20 bits per heavy atom. The third kappa shape index (κ3) is 3.26. The lowest BCUT2D eigenvalue weighted by Crippen LogP contribution is -2.62. The summed E-state index contributed by atoms with van der Waals surface area (Å²) in [5, 5.41) is 22.8. The quantitative estimate of drug-likeness (QED) is 0.677. The van der Waals surface area contributed by atoms with Gasteiger partial charge in [0.1, 0.15) is 5.78 Å². The molecule has 0 aromatic rings. The van der Waals surface area contributed by atoms with E-state index in [2.05, 4.69) is 20.8 Å². The molecule has 0 radical (unpaired) electrons. The van der Waals surface area contributed by atoms with Crippen molar-refractivity contribution in [2.24, 2.45) is 46.3 Å². The van der Waals surface area contributed by atoms with Crippen LogP contribution in [0.4, 0.5) is 0 Å². The molecule has 0 aliphatic heterocycles. The second-order valence-corrected chi connectivity index (χ2v) is 11.4. The maximum absolute atomic E-state index is 12.1. The number of rotatable bonds is 4. The second kappa shape index (κ2) is 7.88. The molecule has 10 atom stereocenters. The van der Waals surface area contributed by atoms with Gasteiger partial charge in [0.05, 0.1) is 19.3 Å². The standard InChI is InChI=1S/C25H40O5/c1-14(5-8-22(29)30-4)17-6-7-18-23-19(13-21(28)25(17,18)3)24(2)10-9-16(26)11-15(24)12-20(23)27/h14-15,17-21,23,27-28H,5-13H2,1-4H3/t14-,15+,17+,18?,19-,20+,21-,23-,24-,25+/m0/s1. The molecule has 0 bridgehead atoms. The maximum Gasteiger partial charge on any atom is 0.305 e. The van der Waals surface area contributed by atoms with E-state index in [1.165, 1.54) is 7.11 Å². The molecular formula is C25H40O5. The number of carbonyl (C=O) groups is 2.